The number of carbonyl (C=O) groups is 1. The van der Waals surface area contributed by atoms with Crippen molar-refractivity contribution in [2.75, 3.05) is 0 Å². The fraction of sp³-hybridized carbons (Fsp3) is 0. The predicted octanol–water partition coefficient (Wildman–Crippen LogP) is -0.291. The van der Waals surface area contributed by atoms with Crippen LogP contribution in [0.2, 0.25) is 0 Å². The second-order valence-electron chi connectivity index (χ2n) is 0.482. The van der Waals surface area contributed by atoms with Crippen molar-refractivity contribution >= 4 is 24.0 Å². The number of rotatable bonds is 1. The zero-order valence-corrected chi connectivity index (χ0v) is 3.21. The molecule has 0 rings (SSSR count). The van der Waals surface area contributed by atoms with Crippen molar-refractivity contribution in [3.05, 3.63) is 0 Å². The van der Waals surface area contributed by atoms with E-state index in [9.17, 15) is 4.79 Å². The molecule has 2 nitrogen and oxygen atoms in total. The van der Waals surface area contributed by atoms with Crippen molar-refractivity contribution < 1.29 is 4.79 Å². The lowest BCUT2D eigenvalue weighted by Crippen LogP contribution is -1.85. The average molecular weight is 88.1 g/mol. The highest BCUT2D eigenvalue weighted by molar-refractivity contribution is 7.79. The van der Waals surface area contributed by atoms with Crippen LogP contribution < -0.4 is 0 Å². The molecule has 0 aromatic rings. The molecule has 0 aliphatic heterocycles. The Labute approximate surface area is 35.1 Å². The molecule has 0 amide bonds. The zero-order chi connectivity index (χ0) is 4.28. The first-order valence-corrected chi connectivity index (χ1v) is 1.39. The molecule has 0 aromatic heterocycles. The third-order valence-corrected chi connectivity index (χ3v) is 0.203. The molecule has 0 spiro atoms. The standard InChI is InChI=1S/C2H3NOS/c3-2(5)1-4/h1H,(H2,3,5)/p-1. The summed E-state index contributed by atoms with van der Waals surface area (Å²) in [6.45, 7) is 0. The Morgan fingerprint density at radius 2 is 2.20 bits per heavy atom. The Hall–Kier alpha value is -0.440. The SMILES string of the molecule is N=C([S-])C=O. The molecule has 5 heavy (non-hydrogen) atoms. The van der Waals surface area contributed by atoms with Crippen LogP contribution in [0.15, 0.2) is 0 Å². The van der Waals surface area contributed by atoms with Gasteiger partial charge in [0.15, 0.2) is 0 Å². The molecule has 0 fully saturated rings. The molecule has 1 N–H and O–H groups in total. The number of aldehydes is 1. The Morgan fingerprint density at radius 3 is 2.20 bits per heavy atom. The maximum atomic E-state index is 9.18. The van der Waals surface area contributed by atoms with Gasteiger partial charge in [0.25, 0.3) is 0 Å². The minimum atomic E-state index is -0.343. The van der Waals surface area contributed by atoms with Crippen molar-refractivity contribution in [1.29, 1.82) is 5.41 Å². The van der Waals surface area contributed by atoms with Crippen LogP contribution in [0.5, 0.6) is 0 Å². The topological polar surface area (TPSA) is 40.9 Å². The van der Waals surface area contributed by atoms with Crippen molar-refractivity contribution in [3.8, 4) is 0 Å². The molecule has 0 radical (unpaired) electrons. The Morgan fingerprint density at radius 1 is 2.00 bits per heavy atom. The molecular formula is C2H2NOS-. The molecule has 0 unspecified atom stereocenters. The van der Waals surface area contributed by atoms with E-state index in [4.69, 9.17) is 5.41 Å². The summed E-state index contributed by atoms with van der Waals surface area (Å²) in [6.07, 6.45) is 0.315. The van der Waals surface area contributed by atoms with Gasteiger partial charge < -0.3 is 18.0 Å². The third-order valence-electron chi connectivity index (χ3n) is 0.107. The van der Waals surface area contributed by atoms with Crippen LogP contribution in [-0.2, 0) is 17.4 Å². The maximum absolute atomic E-state index is 9.18. The summed E-state index contributed by atoms with van der Waals surface area (Å²) >= 11 is 4.00. The van der Waals surface area contributed by atoms with Crippen molar-refractivity contribution in [3.63, 3.8) is 0 Å². The quantitative estimate of drug-likeness (QED) is 0.207. The highest BCUT2D eigenvalue weighted by Gasteiger charge is 1.54. The fourth-order valence-electron chi connectivity index (χ4n) is 0. The van der Waals surface area contributed by atoms with Gasteiger partial charge in [-0.05, 0) is 0 Å². The molecule has 0 aromatic carbocycles. The smallest absolute Gasteiger partial charge is 0.140 e. The number of nitrogens with one attached hydrogen (secondary N) is 1. The summed E-state index contributed by atoms with van der Waals surface area (Å²) in [7, 11) is 0. The van der Waals surface area contributed by atoms with E-state index in [2.05, 4.69) is 12.6 Å². The van der Waals surface area contributed by atoms with E-state index in [0.717, 1.165) is 0 Å². The van der Waals surface area contributed by atoms with Gasteiger partial charge in [0.1, 0.15) is 6.29 Å². The predicted molar refractivity (Wildman–Crippen MR) is 21.2 cm³/mol. The second kappa shape index (κ2) is 1.84. The van der Waals surface area contributed by atoms with E-state index >= 15 is 0 Å². The first-order valence-electron chi connectivity index (χ1n) is 0.979. The van der Waals surface area contributed by atoms with Crippen LogP contribution >= 0.6 is 0 Å². The summed E-state index contributed by atoms with van der Waals surface area (Å²) in [5, 5.41) is 5.85. The van der Waals surface area contributed by atoms with Gasteiger partial charge in [-0.1, -0.05) is 5.04 Å². The molecule has 3 heteroatoms. The van der Waals surface area contributed by atoms with Crippen molar-refractivity contribution in [1.82, 2.24) is 0 Å². The summed E-state index contributed by atoms with van der Waals surface area (Å²) in [4.78, 5) is 9.18. The molecule has 0 aliphatic carbocycles. The van der Waals surface area contributed by atoms with Crippen molar-refractivity contribution in [2.45, 2.75) is 0 Å². The van der Waals surface area contributed by atoms with Crippen LogP contribution in [0.4, 0.5) is 0 Å². The van der Waals surface area contributed by atoms with Gasteiger partial charge in [-0.15, -0.1) is 0 Å². The molecule has 0 saturated carbocycles. The highest BCUT2D eigenvalue weighted by atomic mass is 32.1. The Balaban J connectivity index is 3.20. The summed E-state index contributed by atoms with van der Waals surface area (Å²) < 4.78 is 0. The highest BCUT2D eigenvalue weighted by Crippen LogP contribution is 1.47. The van der Waals surface area contributed by atoms with E-state index in [1.54, 1.807) is 0 Å². The van der Waals surface area contributed by atoms with Gasteiger partial charge in [0.2, 0.25) is 0 Å². The van der Waals surface area contributed by atoms with Gasteiger partial charge in [-0.2, -0.15) is 0 Å². The van der Waals surface area contributed by atoms with Crippen LogP contribution in [0.25, 0.3) is 0 Å². The minimum absolute atomic E-state index is 0.315. The lowest BCUT2D eigenvalue weighted by molar-refractivity contribution is -0.102. The lowest BCUT2D eigenvalue weighted by atomic mass is 10.9. The molecule has 0 bridgehead atoms. The van der Waals surface area contributed by atoms with E-state index in [-0.39, 0.29) is 5.04 Å². The van der Waals surface area contributed by atoms with Gasteiger partial charge in [-0.3, -0.25) is 4.79 Å². The van der Waals surface area contributed by atoms with Gasteiger partial charge >= 0.3 is 0 Å². The molecule has 0 heterocycles. The first-order chi connectivity index (χ1) is 2.27. The van der Waals surface area contributed by atoms with E-state index < -0.39 is 0 Å². The zero-order valence-electron chi connectivity index (χ0n) is 2.39. The van der Waals surface area contributed by atoms with Crippen molar-refractivity contribution in [2.24, 2.45) is 0 Å². The largest absolute Gasteiger partial charge is 0.758 e. The van der Waals surface area contributed by atoms with Gasteiger partial charge in [0, 0.05) is 0 Å². The Kier molecular flexibility index (Phi) is 1.68. The van der Waals surface area contributed by atoms with Gasteiger partial charge in [-0.25, -0.2) is 0 Å². The Bertz CT molecular complexity index is 60.7. The fourth-order valence-corrected chi connectivity index (χ4v) is 0. The number of hydrogen-bond acceptors (Lipinski definition) is 3. The second-order valence-corrected chi connectivity index (χ2v) is 0.922. The molecule has 0 atom stereocenters. The van der Waals surface area contributed by atoms with Crippen LogP contribution in [-0.4, -0.2) is 11.3 Å². The maximum Gasteiger partial charge on any atom is 0.140 e. The molecule has 28 valence electrons. The minimum Gasteiger partial charge on any atom is -0.758 e. The average Bonchev–Trinajstić information content (AvgIpc) is 1.38. The van der Waals surface area contributed by atoms with E-state index in [1.165, 1.54) is 0 Å². The lowest BCUT2D eigenvalue weighted by Gasteiger charge is -1.87. The normalized spacial score (nSPS) is 6.40. The van der Waals surface area contributed by atoms with Gasteiger partial charge in [0.05, 0.1) is 0 Å². The van der Waals surface area contributed by atoms with E-state index in [1.807, 2.05) is 0 Å². The number of hydrogen-bond donors (Lipinski definition) is 1. The first kappa shape index (κ1) is 4.56. The summed E-state index contributed by atoms with van der Waals surface area (Å²) in [5.41, 5.74) is 0. The number of carbonyl (C=O) groups excluding carboxylic acids is 1. The van der Waals surface area contributed by atoms with Crippen LogP contribution in [0, 0.1) is 5.41 Å². The van der Waals surface area contributed by atoms with Crippen LogP contribution in [0.3, 0.4) is 0 Å². The molecule has 0 aliphatic rings. The summed E-state index contributed by atoms with van der Waals surface area (Å²) in [5.74, 6) is 0. The van der Waals surface area contributed by atoms with E-state index in [0.29, 0.717) is 6.29 Å². The third kappa shape index (κ3) is 3.56. The van der Waals surface area contributed by atoms with Crippen LogP contribution in [0.1, 0.15) is 0 Å². The monoisotopic (exact) mass is 88.0 g/mol. The summed E-state index contributed by atoms with van der Waals surface area (Å²) in [6, 6.07) is 0. The molecular weight excluding hydrogens is 86.1 g/mol. The molecule has 0 saturated heterocycles.